The highest BCUT2D eigenvalue weighted by molar-refractivity contribution is 6.33. The van der Waals surface area contributed by atoms with E-state index in [-0.39, 0.29) is 18.6 Å². The molecule has 5 heteroatoms. The van der Waals surface area contributed by atoms with Gasteiger partial charge in [-0.05, 0) is 36.5 Å². The summed E-state index contributed by atoms with van der Waals surface area (Å²) in [6, 6.07) is 15.6. The summed E-state index contributed by atoms with van der Waals surface area (Å²) in [6.07, 6.45) is 4.60. The van der Waals surface area contributed by atoms with Gasteiger partial charge in [0.1, 0.15) is 0 Å². The normalized spacial score (nSPS) is 16.6. The number of halogens is 1. The van der Waals surface area contributed by atoms with Gasteiger partial charge in [0, 0.05) is 10.6 Å². The first kappa shape index (κ1) is 16.5. The van der Waals surface area contributed by atoms with E-state index in [0.29, 0.717) is 5.02 Å². The zero-order valence-electron chi connectivity index (χ0n) is 13.2. The maximum atomic E-state index is 12.1. The molecule has 1 N–H and O–H groups in total. The minimum absolute atomic E-state index is 0.0543. The summed E-state index contributed by atoms with van der Waals surface area (Å²) in [5.41, 5.74) is 3.27. The molecule has 3 rings (SSSR count). The molecule has 0 spiro atoms. The molecule has 0 aromatic heterocycles. The Bertz CT molecular complexity index is 746. The van der Waals surface area contributed by atoms with Crippen molar-refractivity contribution in [2.45, 2.75) is 25.3 Å². The van der Waals surface area contributed by atoms with Crippen molar-refractivity contribution in [3.8, 4) is 0 Å². The number of carbonyl (C=O) groups is 1. The van der Waals surface area contributed by atoms with Gasteiger partial charge < -0.3 is 10.2 Å². The quantitative estimate of drug-likeness (QED) is 0.662. The highest BCUT2D eigenvalue weighted by atomic mass is 35.5. The number of rotatable bonds is 5. The molecule has 0 heterocycles. The number of fused-ring (bicyclic) bond motifs is 1. The number of aryl methyl sites for hydroxylation is 1. The Kier molecular flexibility index (Phi) is 5.49. The molecule has 4 nitrogen and oxygen atoms in total. The van der Waals surface area contributed by atoms with Gasteiger partial charge in [-0.1, -0.05) is 59.2 Å². The summed E-state index contributed by atoms with van der Waals surface area (Å²) in [4.78, 5) is 17.1. The fraction of sp³-hybridized carbons (Fsp3) is 0.263. The lowest BCUT2D eigenvalue weighted by molar-refractivity contribution is -0.126. The van der Waals surface area contributed by atoms with Crippen LogP contribution in [0.4, 0.5) is 0 Å². The Balaban J connectivity index is 1.51. The monoisotopic (exact) mass is 342 g/mol. The van der Waals surface area contributed by atoms with Gasteiger partial charge >= 0.3 is 0 Å². The molecule has 2 aromatic rings. The second-order valence-corrected chi connectivity index (χ2v) is 6.15. The topological polar surface area (TPSA) is 50.7 Å². The molecule has 0 saturated carbocycles. The summed E-state index contributed by atoms with van der Waals surface area (Å²) < 4.78 is 0. The van der Waals surface area contributed by atoms with Crippen molar-refractivity contribution in [2.75, 3.05) is 6.61 Å². The molecule has 0 fully saturated rings. The molecule has 0 saturated heterocycles. The standard InChI is InChI=1S/C19H19ClN2O2/c20-17-10-4-2-7-15(17)12-21-24-13-19(23)22-18-11-5-8-14-6-1-3-9-16(14)18/h1-4,6-7,9-10,12,18H,5,8,11,13H2,(H,22,23)/b21-12-/t18-/m0/s1. The minimum atomic E-state index is -0.173. The van der Waals surface area contributed by atoms with Crippen LogP contribution in [0, 0.1) is 0 Å². The largest absolute Gasteiger partial charge is 0.386 e. The molecule has 1 atom stereocenters. The van der Waals surface area contributed by atoms with E-state index in [2.05, 4.69) is 22.6 Å². The molecule has 1 aliphatic carbocycles. The fourth-order valence-corrected chi connectivity index (χ4v) is 3.09. The average molecular weight is 343 g/mol. The van der Waals surface area contributed by atoms with E-state index in [0.717, 1.165) is 24.8 Å². The molecule has 24 heavy (non-hydrogen) atoms. The number of nitrogens with one attached hydrogen (secondary N) is 1. The highest BCUT2D eigenvalue weighted by Gasteiger charge is 2.21. The van der Waals surface area contributed by atoms with E-state index in [1.54, 1.807) is 6.07 Å². The van der Waals surface area contributed by atoms with E-state index < -0.39 is 0 Å². The van der Waals surface area contributed by atoms with Gasteiger partial charge in [0.25, 0.3) is 5.91 Å². The third-order valence-corrected chi connectivity index (χ3v) is 4.42. The third kappa shape index (κ3) is 4.15. The number of amides is 1. The first-order chi connectivity index (χ1) is 11.7. The van der Waals surface area contributed by atoms with Crippen LogP contribution in [0.1, 0.15) is 35.6 Å². The first-order valence-corrected chi connectivity index (χ1v) is 8.39. The molecular weight excluding hydrogens is 324 g/mol. The van der Waals surface area contributed by atoms with Crippen molar-refractivity contribution in [1.82, 2.24) is 5.32 Å². The van der Waals surface area contributed by atoms with Crippen LogP contribution in [0.2, 0.25) is 5.02 Å². The van der Waals surface area contributed by atoms with Gasteiger partial charge in [-0.15, -0.1) is 0 Å². The number of hydrogen-bond donors (Lipinski definition) is 1. The van der Waals surface area contributed by atoms with E-state index in [1.807, 2.05) is 30.3 Å². The molecule has 2 aromatic carbocycles. The lowest BCUT2D eigenvalue weighted by atomic mass is 9.88. The maximum Gasteiger partial charge on any atom is 0.261 e. The highest BCUT2D eigenvalue weighted by Crippen LogP contribution is 2.29. The summed E-state index contributed by atoms with van der Waals surface area (Å²) in [7, 11) is 0. The average Bonchev–Trinajstić information content (AvgIpc) is 2.60. The Hall–Kier alpha value is -2.33. The van der Waals surface area contributed by atoms with Crippen LogP contribution in [0.3, 0.4) is 0 Å². The van der Waals surface area contributed by atoms with Crippen molar-refractivity contribution in [1.29, 1.82) is 0 Å². The van der Waals surface area contributed by atoms with E-state index in [1.165, 1.54) is 17.3 Å². The molecule has 1 aliphatic rings. The zero-order chi connectivity index (χ0) is 16.8. The van der Waals surface area contributed by atoms with Gasteiger partial charge in [-0.2, -0.15) is 0 Å². The molecular formula is C19H19ClN2O2. The van der Waals surface area contributed by atoms with Crippen molar-refractivity contribution in [2.24, 2.45) is 5.16 Å². The smallest absolute Gasteiger partial charge is 0.261 e. The first-order valence-electron chi connectivity index (χ1n) is 8.01. The van der Waals surface area contributed by atoms with Crippen LogP contribution < -0.4 is 5.32 Å². The molecule has 0 unspecified atom stereocenters. The summed E-state index contributed by atoms with van der Waals surface area (Å²) in [5.74, 6) is -0.173. The minimum Gasteiger partial charge on any atom is -0.386 e. The van der Waals surface area contributed by atoms with E-state index in [4.69, 9.17) is 16.4 Å². The van der Waals surface area contributed by atoms with E-state index >= 15 is 0 Å². The molecule has 0 aliphatic heterocycles. The lowest BCUT2D eigenvalue weighted by Crippen LogP contribution is -2.33. The predicted octanol–water partition coefficient (Wildman–Crippen LogP) is 3.88. The molecule has 0 bridgehead atoms. The summed E-state index contributed by atoms with van der Waals surface area (Å²) in [6.45, 7) is -0.111. The van der Waals surface area contributed by atoms with Crippen LogP contribution in [0.25, 0.3) is 0 Å². The van der Waals surface area contributed by atoms with Crippen LogP contribution in [-0.2, 0) is 16.1 Å². The lowest BCUT2D eigenvalue weighted by Gasteiger charge is -2.26. The summed E-state index contributed by atoms with van der Waals surface area (Å²) >= 11 is 6.02. The second kappa shape index (κ2) is 7.97. The Morgan fingerprint density at radius 2 is 2.04 bits per heavy atom. The van der Waals surface area contributed by atoms with Crippen molar-refractivity contribution in [3.63, 3.8) is 0 Å². The van der Waals surface area contributed by atoms with Gasteiger partial charge in [0.15, 0.2) is 6.61 Å². The molecule has 0 radical (unpaired) electrons. The third-order valence-electron chi connectivity index (χ3n) is 4.07. The number of oxime groups is 1. The summed E-state index contributed by atoms with van der Waals surface area (Å²) in [5, 5.41) is 7.42. The van der Waals surface area contributed by atoms with Crippen molar-refractivity contribution >= 4 is 23.7 Å². The van der Waals surface area contributed by atoms with E-state index in [9.17, 15) is 4.79 Å². The zero-order valence-corrected chi connectivity index (χ0v) is 14.0. The number of hydrogen-bond acceptors (Lipinski definition) is 3. The predicted molar refractivity (Wildman–Crippen MR) is 95.3 cm³/mol. The molecule has 124 valence electrons. The van der Waals surface area contributed by atoms with Crippen LogP contribution in [0.5, 0.6) is 0 Å². The Labute approximate surface area is 146 Å². The number of carbonyl (C=O) groups excluding carboxylic acids is 1. The Morgan fingerprint density at radius 1 is 1.25 bits per heavy atom. The number of benzene rings is 2. The van der Waals surface area contributed by atoms with Crippen LogP contribution in [0.15, 0.2) is 53.7 Å². The van der Waals surface area contributed by atoms with Gasteiger partial charge in [-0.3, -0.25) is 4.79 Å². The second-order valence-electron chi connectivity index (χ2n) is 5.74. The SMILES string of the molecule is O=C(CO/N=C\c1ccccc1Cl)N[C@H]1CCCc2ccccc21. The van der Waals surface area contributed by atoms with Gasteiger partial charge in [-0.25, -0.2) is 0 Å². The fourth-order valence-electron chi connectivity index (χ4n) is 2.91. The maximum absolute atomic E-state index is 12.1. The van der Waals surface area contributed by atoms with Crippen molar-refractivity contribution < 1.29 is 9.63 Å². The van der Waals surface area contributed by atoms with Crippen LogP contribution >= 0.6 is 11.6 Å². The Morgan fingerprint density at radius 3 is 2.92 bits per heavy atom. The molecule has 1 amide bonds. The van der Waals surface area contributed by atoms with Gasteiger partial charge in [0.05, 0.1) is 12.3 Å². The van der Waals surface area contributed by atoms with Crippen LogP contribution in [-0.4, -0.2) is 18.7 Å². The van der Waals surface area contributed by atoms with Crippen molar-refractivity contribution in [3.05, 3.63) is 70.2 Å². The van der Waals surface area contributed by atoms with Gasteiger partial charge in [0.2, 0.25) is 0 Å². The number of nitrogens with zero attached hydrogens (tertiary/aromatic N) is 1.